The largest absolute Gasteiger partial charge is 0.496 e. The molecular formula is C18H23NO. The maximum Gasteiger partial charge on any atom is 0.123 e. The van der Waals surface area contributed by atoms with Crippen LogP contribution in [0.1, 0.15) is 35.2 Å². The maximum absolute atomic E-state index is 5.54. The van der Waals surface area contributed by atoms with Gasteiger partial charge in [-0.2, -0.15) is 0 Å². The average Bonchev–Trinajstić information content (AvgIpc) is 2.49. The molecule has 2 aromatic rings. The van der Waals surface area contributed by atoms with E-state index in [-0.39, 0.29) is 6.04 Å². The Bertz CT molecular complexity index is 577. The van der Waals surface area contributed by atoms with Gasteiger partial charge in [0, 0.05) is 5.56 Å². The summed E-state index contributed by atoms with van der Waals surface area (Å²) in [5.74, 6) is 0.931. The second kappa shape index (κ2) is 6.58. The maximum atomic E-state index is 5.54. The van der Waals surface area contributed by atoms with Gasteiger partial charge in [-0.05, 0) is 37.6 Å². The van der Waals surface area contributed by atoms with Crippen LogP contribution in [0.3, 0.4) is 0 Å². The summed E-state index contributed by atoms with van der Waals surface area (Å²) in [6, 6.07) is 15.1. The molecule has 2 rings (SSSR count). The second-order valence-electron chi connectivity index (χ2n) is 5.02. The van der Waals surface area contributed by atoms with Crippen molar-refractivity contribution in [2.45, 2.75) is 26.3 Å². The van der Waals surface area contributed by atoms with Crippen molar-refractivity contribution in [3.8, 4) is 5.75 Å². The number of aryl methyl sites for hydroxylation is 2. The lowest BCUT2D eigenvalue weighted by Gasteiger charge is -2.22. The molecule has 0 aliphatic rings. The van der Waals surface area contributed by atoms with E-state index in [2.05, 4.69) is 55.6 Å². The van der Waals surface area contributed by atoms with Crippen LogP contribution in [0.25, 0.3) is 0 Å². The van der Waals surface area contributed by atoms with Crippen LogP contribution in [0.15, 0.2) is 42.5 Å². The summed E-state index contributed by atoms with van der Waals surface area (Å²) >= 11 is 0. The van der Waals surface area contributed by atoms with Gasteiger partial charge in [-0.15, -0.1) is 0 Å². The summed E-state index contributed by atoms with van der Waals surface area (Å²) in [5.41, 5.74) is 5.13. The molecule has 0 spiro atoms. The molecule has 0 fully saturated rings. The number of hydrogen-bond acceptors (Lipinski definition) is 2. The molecule has 2 heteroatoms. The monoisotopic (exact) mass is 269 g/mol. The van der Waals surface area contributed by atoms with Crippen molar-refractivity contribution >= 4 is 0 Å². The van der Waals surface area contributed by atoms with Crippen molar-refractivity contribution in [2.24, 2.45) is 0 Å². The summed E-state index contributed by atoms with van der Waals surface area (Å²) in [4.78, 5) is 0. The van der Waals surface area contributed by atoms with Gasteiger partial charge in [0.2, 0.25) is 0 Å². The minimum Gasteiger partial charge on any atom is -0.496 e. The molecule has 0 aliphatic heterocycles. The summed E-state index contributed by atoms with van der Waals surface area (Å²) in [6.07, 6.45) is 1.03. The van der Waals surface area contributed by atoms with Gasteiger partial charge in [0.1, 0.15) is 5.75 Å². The van der Waals surface area contributed by atoms with Gasteiger partial charge in [0.05, 0.1) is 13.2 Å². The van der Waals surface area contributed by atoms with Gasteiger partial charge in [-0.1, -0.05) is 48.9 Å². The Morgan fingerprint density at radius 1 is 1.10 bits per heavy atom. The quantitative estimate of drug-likeness (QED) is 0.889. The number of ether oxygens (including phenoxy) is 1. The number of hydrogen-bond donors (Lipinski definition) is 1. The number of benzene rings is 2. The molecule has 0 aromatic heterocycles. The van der Waals surface area contributed by atoms with Crippen LogP contribution in [0, 0.1) is 6.92 Å². The molecule has 0 radical (unpaired) electrons. The zero-order chi connectivity index (χ0) is 14.5. The smallest absolute Gasteiger partial charge is 0.123 e. The van der Waals surface area contributed by atoms with E-state index in [1.54, 1.807) is 7.11 Å². The number of rotatable bonds is 5. The fraction of sp³-hybridized carbons (Fsp3) is 0.333. The zero-order valence-electron chi connectivity index (χ0n) is 12.7. The van der Waals surface area contributed by atoms with Gasteiger partial charge in [0.15, 0.2) is 0 Å². The minimum atomic E-state index is 0.154. The Morgan fingerprint density at radius 3 is 2.50 bits per heavy atom. The van der Waals surface area contributed by atoms with Crippen molar-refractivity contribution in [3.63, 3.8) is 0 Å². The van der Waals surface area contributed by atoms with Crippen LogP contribution in [0.4, 0.5) is 0 Å². The summed E-state index contributed by atoms with van der Waals surface area (Å²) < 4.78 is 5.54. The molecule has 1 atom stereocenters. The number of nitrogens with one attached hydrogen (secondary N) is 1. The highest BCUT2D eigenvalue weighted by Crippen LogP contribution is 2.32. The Hall–Kier alpha value is -1.80. The van der Waals surface area contributed by atoms with E-state index in [9.17, 15) is 0 Å². The Morgan fingerprint density at radius 2 is 1.85 bits per heavy atom. The molecule has 0 amide bonds. The van der Waals surface area contributed by atoms with Crippen LogP contribution in [-0.2, 0) is 6.42 Å². The van der Waals surface area contributed by atoms with E-state index in [4.69, 9.17) is 4.74 Å². The average molecular weight is 269 g/mol. The molecule has 1 N–H and O–H groups in total. The van der Waals surface area contributed by atoms with E-state index >= 15 is 0 Å². The summed E-state index contributed by atoms with van der Waals surface area (Å²) in [6.45, 7) is 4.31. The third kappa shape index (κ3) is 2.86. The highest BCUT2D eigenvalue weighted by molar-refractivity contribution is 5.45. The fourth-order valence-corrected chi connectivity index (χ4v) is 2.70. The van der Waals surface area contributed by atoms with Crippen LogP contribution < -0.4 is 10.1 Å². The van der Waals surface area contributed by atoms with Crippen molar-refractivity contribution in [1.82, 2.24) is 5.32 Å². The zero-order valence-corrected chi connectivity index (χ0v) is 12.7. The van der Waals surface area contributed by atoms with Crippen LogP contribution >= 0.6 is 0 Å². The van der Waals surface area contributed by atoms with Gasteiger partial charge < -0.3 is 10.1 Å². The van der Waals surface area contributed by atoms with E-state index < -0.39 is 0 Å². The van der Waals surface area contributed by atoms with Crippen LogP contribution in [0.5, 0.6) is 5.75 Å². The van der Waals surface area contributed by atoms with E-state index in [0.29, 0.717) is 0 Å². The molecule has 1 unspecified atom stereocenters. The topological polar surface area (TPSA) is 21.3 Å². The van der Waals surface area contributed by atoms with Crippen LogP contribution in [-0.4, -0.2) is 14.2 Å². The van der Waals surface area contributed by atoms with Crippen LogP contribution in [0.2, 0.25) is 0 Å². The standard InChI is InChI=1S/C18H23NO/c1-5-14-8-6-7-9-15(14)18(19-3)16-12-13(2)10-11-17(16)20-4/h6-12,18-19H,5H2,1-4H3. The highest BCUT2D eigenvalue weighted by Gasteiger charge is 2.18. The first-order chi connectivity index (χ1) is 9.71. The molecule has 2 aromatic carbocycles. The van der Waals surface area contributed by atoms with Gasteiger partial charge in [-0.3, -0.25) is 0 Å². The van der Waals surface area contributed by atoms with E-state index in [1.165, 1.54) is 22.3 Å². The Labute approximate surface area is 121 Å². The van der Waals surface area contributed by atoms with Crippen molar-refractivity contribution in [2.75, 3.05) is 14.2 Å². The Kier molecular flexibility index (Phi) is 4.80. The molecule has 0 aliphatic carbocycles. The van der Waals surface area contributed by atoms with E-state index in [1.807, 2.05) is 13.1 Å². The predicted octanol–water partition coefficient (Wildman–Crippen LogP) is 3.87. The highest BCUT2D eigenvalue weighted by atomic mass is 16.5. The lowest BCUT2D eigenvalue weighted by atomic mass is 9.92. The molecule has 0 saturated heterocycles. The second-order valence-corrected chi connectivity index (χ2v) is 5.02. The van der Waals surface area contributed by atoms with Gasteiger partial charge in [-0.25, -0.2) is 0 Å². The normalized spacial score (nSPS) is 12.2. The van der Waals surface area contributed by atoms with Crippen molar-refractivity contribution in [1.29, 1.82) is 0 Å². The molecule has 20 heavy (non-hydrogen) atoms. The third-order valence-electron chi connectivity index (χ3n) is 3.73. The van der Waals surface area contributed by atoms with E-state index in [0.717, 1.165) is 12.2 Å². The molecule has 0 bridgehead atoms. The van der Waals surface area contributed by atoms with Crippen molar-refractivity contribution < 1.29 is 4.74 Å². The molecule has 0 saturated carbocycles. The minimum absolute atomic E-state index is 0.154. The first kappa shape index (κ1) is 14.6. The molecule has 2 nitrogen and oxygen atoms in total. The summed E-state index contributed by atoms with van der Waals surface area (Å²) in [5, 5.41) is 3.43. The molecule has 106 valence electrons. The third-order valence-corrected chi connectivity index (χ3v) is 3.73. The van der Waals surface area contributed by atoms with Gasteiger partial charge in [0.25, 0.3) is 0 Å². The van der Waals surface area contributed by atoms with Crippen molar-refractivity contribution in [3.05, 3.63) is 64.7 Å². The molecular weight excluding hydrogens is 246 g/mol. The number of methoxy groups -OCH3 is 1. The predicted molar refractivity (Wildman–Crippen MR) is 84.5 cm³/mol. The summed E-state index contributed by atoms with van der Waals surface area (Å²) in [7, 11) is 3.73. The fourth-order valence-electron chi connectivity index (χ4n) is 2.70. The first-order valence-electron chi connectivity index (χ1n) is 7.10. The van der Waals surface area contributed by atoms with Gasteiger partial charge >= 0.3 is 0 Å². The first-order valence-corrected chi connectivity index (χ1v) is 7.10. The lowest BCUT2D eigenvalue weighted by molar-refractivity contribution is 0.405. The SMILES string of the molecule is CCc1ccccc1C(NC)c1cc(C)ccc1OC. The molecule has 0 heterocycles. The lowest BCUT2D eigenvalue weighted by Crippen LogP contribution is -2.20. The Balaban J connectivity index is 2.55.